The minimum Gasteiger partial charge on any atom is -0.542 e. The number of aromatic carboxylic acids is 1. The van der Waals surface area contributed by atoms with Crippen LogP contribution < -0.4 is 15.4 Å². The molecule has 0 fully saturated rings. The summed E-state index contributed by atoms with van der Waals surface area (Å²) in [6, 6.07) is 6.56. The van der Waals surface area contributed by atoms with E-state index in [1.54, 1.807) is 18.3 Å². The number of H-pyrrole nitrogens is 1. The van der Waals surface area contributed by atoms with E-state index in [0.717, 1.165) is 29.5 Å². The number of carboxylic acids is 2. The molecule has 18 heteroatoms. The first kappa shape index (κ1) is 35.2. The number of aliphatic hydroxyl groups is 1. The van der Waals surface area contributed by atoms with Crippen LogP contribution in [-0.2, 0) is 23.0 Å². The van der Waals surface area contributed by atoms with E-state index in [9.17, 15) is 41.4 Å². The molecule has 244 valence electrons. The minimum absolute atomic E-state index is 0.0158. The van der Waals surface area contributed by atoms with Gasteiger partial charge in [0.05, 0.1) is 15.6 Å². The second-order valence-corrected chi connectivity index (χ2v) is 12.5. The van der Waals surface area contributed by atoms with Crippen molar-refractivity contribution in [2.45, 2.75) is 44.1 Å². The first-order valence-electron chi connectivity index (χ1n) is 12.9. The maximum atomic E-state index is 13.2. The number of fused-ring (bicyclic) bond motifs is 1. The molecule has 0 amide bonds. The van der Waals surface area contributed by atoms with Crippen molar-refractivity contribution >= 4 is 66.8 Å². The van der Waals surface area contributed by atoms with Crippen molar-refractivity contribution in [3.05, 3.63) is 84.5 Å². The number of aromatic amines is 1. The number of nitrogens with one attached hydrogen (secondary N) is 2. The number of aromatic nitrogens is 3. The smallest absolute Gasteiger partial charge is 0.430 e. The van der Waals surface area contributed by atoms with Crippen molar-refractivity contribution in [2.75, 3.05) is 5.32 Å². The van der Waals surface area contributed by atoms with E-state index >= 15 is 0 Å². The lowest BCUT2D eigenvalue weighted by atomic mass is 9.79. The maximum absolute atomic E-state index is 13.2. The van der Waals surface area contributed by atoms with Crippen LogP contribution in [0.1, 0.15) is 50.5 Å². The Morgan fingerprint density at radius 2 is 1.78 bits per heavy atom. The molecule has 1 aromatic carbocycles. The second-order valence-electron chi connectivity index (χ2n) is 9.87. The van der Waals surface area contributed by atoms with Crippen molar-refractivity contribution in [2.24, 2.45) is 0 Å². The Kier molecular flexibility index (Phi) is 10.2. The molecule has 0 unspecified atom stereocenters. The Balaban J connectivity index is 0.000000617. The number of anilines is 2. The van der Waals surface area contributed by atoms with Crippen molar-refractivity contribution in [1.29, 1.82) is 0 Å². The number of carboxylic acid groups (broad SMARTS) is 2. The summed E-state index contributed by atoms with van der Waals surface area (Å²) in [6.07, 6.45) is -5.13. The summed E-state index contributed by atoms with van der Waals surface area (Å²) in [4.78, 5) is 32.7. The van der Waals surface area contributed by atoms with E-state index in [1.165, 1.54) is 17.4 Å². The van der Waals surface area contributed by atoms with Crippen molar-refractivity contribution in [3.63, 3.8) is 0 Å². The van der Waals surface area contributed by atoms with Crippen LogP contribution in [0.2, 0.25) is 0 Å². The highest BCUT2D eigenvalue weighted by molar-refractivity contribution is 9.11. The van der Waals surface area contributed by atoms with Gasteiger partial charge in [-0.05, 0) is 99.0 Å². The number of rotatable bonds is 5. The summed E-state index contributed by atoms with van der Waals surface area (Å²) < 4.78 is 72.3. The largest absolute Gasteiger partial charge is 0.542 e. The number of hydrogen-bond donors (Lipinski definition) is 3. The van der Waals surface area contributed by atoms with Crippen LogP contribution in [0.5, 0.6) is 0 Å². The van der Waals surface area contributed by atoms with E-state index in [4.69, 9.17) is 9.90 Å². The van der Waals surface area contributed by atoms with Gasteiger partial charge in [0.15, 0.2) is 11.8 Å². The summed E-state index contributed by atoms with van der Waals surface area (Å²) in [5.74, 6) is -3.77. The SMILES string of the molecule is Cc1c(Br)c(Nc2cc(C(F)(F)F)ccn2)nc(-c2c[nH+]c([C@@]3(O)CCCc4cc(C(=O)O)ccc43)s2)c1Br.O=C([O-])C(F)(F)F. The number of halogens is 8. The molecular formula is C28H20Br2F6N4O5S. The van der Waals surface area contributed by atoms with Gasteiger partial charge >= 0.3 is 18.3 Å². The van der Waals surface area contributed by atoms with Gasteiger partial charge in [-0.15, -0.1) is 0 Å². The van der Waals surface area contributed by atoms with E-state index in [1.807, 2.05) is 6.92 Å². The Bertz CT molecular complexity index is 1820. The molecule has 5 rings (SSSR count). The van der Waals surface area contributed by atoms with E-state index in [2.05, 4.69) is 52.1 Å². The molecule has 0 saturated heterocycles. The molecule has 3 aromatic heterocycles. The topological polar surface area (TPSA) is 150 Å². The number of nitrogens with zero attached hydrogens (tertiary/aromatic N) is 2. The van der Waals surface area contributed by atoms with Crippen LogP contribution in [-0.4, -0.2) is 38.3 Å². The molecule has 0 aliphatic heterocycles. The number of hydrogen-bond acceptors (Lipinski definition) is 8. The molecule has 1 atom stereocenters. The zero-order valence-corrected chi connectivity index (χ0v) is 27.1. The summed E-state index contributed by atoms with van der Waals surface area (Å²) in [6.45, 7) is 1.83. The molecule has 0 saturated carbocycles. The van der Waals surface area contributed by atoms with Gasteiger partial charge in [0.25, 0.3) is 5.01 Å². The summed E-state index contributed by atoms with van der Waals surface area (Å²) in [5.41, 5.74) is 0.701. The monoisotopic (exact) mass is 796 g/mol. The number of pyridine rings is 2. The third-order valence-electron chi connectivity index (χ3n) is 6.80. The lowest BCUT2D eigenvalue weighted by molar-refractivity contribution is -0.397. The predicted octanol–water partition coefficient (Wildman–Crippen LogP) is 6.18. The first-order chi connectivity index (χ1) is 21.3. The number of carbonyl (C=O) groups excluding carboxylic acids is 1. The van der Waals surface area contributed by atoms with E-state index < -0.39 is 35.5 Å². The third kappa shape index (κ3) is 7.50. The number of carbonyl (C=O) groups is 2. The standard InChI is InChI=1S/C26H19Br2F3N4O3S.C2HF3O2/c1-12-19(27)21(35-22(20(12)28)34-18-10-15(6-8-32-18)26(29,30)31)17-11-33-24(39-17)25(38)7-2-3-13-9-14(23(36)37)4-5-16(13)25;3-2(4,5)1(6)7/h4-6,8-11,38H,2-3,7H2,1H3,(H,36,37)(H,32,34,35);(H,6,7)/t25-;/m1./s1. The van der Waals surface area contributed by atoms with Gasteiger partial charge in [0.2, 0.25) is 0 Å². The Morgan fingerprint density at radius 3 is 2.39 bits per heavy atom. The third-order valence-corrected chi connectivity index (χ3v) is 9.93. The number of thiazole rings is 1. The Hall–Kier alpha value is -3.61. The molecule has 46 heavy (non-hydrogen) atoms. The van der Waals surface area contributed by atoms with Gasteiger partial charge in [-0.2, -0.15) is 26.3 Å². The van der Waals surface area contributed by atoms with Crippen LogP contribution in [0.25, 0.3) is 10.6 Å². The average molecular weight is 798 g/mol. The van der Waals surface area contributed by atoms with Gasteiger partial charge < -0.3 is 25.4 Å². The number of aryl methyl sites for hydroxylation is 1. The molecule has 0 radical (unpaired) electrons. The number of benzene rings is 1. The number of alkyl halides is 6. The van der Waals surface area contributed by atoms with Gasteiger partial charge in [0.1, 0.15) is 28.2 Å². The molecule has 9 nitrogen and oxygen atoms in total. The van der Waals surface area contributed by atoms with Gasteiger partial charge in [0, 0.05) is 10.7 Å². The van der Waals surface area contributed by atoms with Crippen molar-refractivity contribution < 1.29 is 56.2 Å². The van der Waals surface area contributed by atoms with Crippen LogP contribution in [0.4, 0.5) is 38.0 Å². The van der Waals surface area contributed by atoms with Crippen LogP contribution in [0, 0.1) is 6.92 Å². The highest BCUT2D eigenvalue weighted by Crippen LogP contribution is 2.45. The van der Waals surface area contributed by atoms with Crippen LogP contribution in [0.15, 0.2) is 51.7 Å². The molecule has 1 aliphatic carbocycles. The van der Waals surface area contributed by atoms with Crippen LogP contribution >= 0.6 is 43.2 Å². The van der Waals surface area contributed by atoms with Gasteiger partial charge in [-0.1, -0.05) is 17.4 Å². The number of aliphatic carboxylic acids is 1. The van der Waals surface area contributed by atoms with Gasteiger partial charge in [-0.25, -0.2) is 19.7 Å². The second kappa shape index (κ2) is 13.2. The molecule has 0 spiro atoms. The average Bonchev–Trinajstić information content (AvgIpc) is 3.48. The lowest BCUT2D eigenvalue weighted by Gasteiger charge is -2.30. The zero-order valence-electron chi connectivity index (χ0n) is 23.1. The summed E-state index contributed by atoms with van der Waals surface area (Å²) >= 11 is 8.35. The summed E-state index contributed by atoms with van der Waals surface area (Å²) in [5, 5.41) is 33.3. The molecule has 3 heterocycles. The van der Waals surface area contributed by atoms with E-state index in [-0.39, 0.29) is 17.2 Å². The molecule has 0 bridgehead atoms. The fraction of sp³-hybridized carbons (Fsp3) is 0.250. The maximum Gasteiger partial charge on any atom is 0.430 e. The normalized spacial score (nSPS) is 16.2. The lowest BCUT2D eigenvalue weighted by Crippen LogP contribution is -2.37. The van der Waals surface area contributed by atoms with Crippen molar-refractivity contribution in [1.82, 2.24) is 9.97 Å². The molecule has 4 aromatic rings. The quantitative estimate of drug-likeness (QED) is 0.203. The minimum atomic E-state index is -5.19. The Morgan fingerprint density at radius 1 is 1.11 bits per heavy atom. The fourth-order valence-corrected chi connectivity index (χ4v) is 6.93. The van der Waals surface area contributed by atoms with Crippen LogP contribution in [0.3, 0.4) is 0 Å². The highest BCUT2D eigenvalue weighted by Gasteiger charge is 2.43. The van der Waals surface area contributed by atoms with E-state index in [0.29, 0.717) is 49.4 Å². The Labute approximate surface area is 276 Å². The van der Waals surface area contributed by atoms with Gasteiger partial charge in [-0.3, -0.25) is 0 Å². The highest BCUT2D eigenvalue weighted by atomic mass is 79.9. The fourth-order valence-electron chi connectivity index (χ4n) is 4.57. The molecular weight excluding hydrogens is 778 g/mol. The molecule has 1 aliphatic rings. The van der Waals surface area contributed by atoms with Crippen molar-refractivity contribution in [3.8, 4) is 10.6 Å². The predicted molar refractivity (Wildman–Crippen MR) is 157 cm³/mol. The summed E-state index contributed by atoms with van der Waals surface area (Å²) in [7, 11) is 0. The zero-order chi connectivity index (χ0) is 34.2. The first-order valence-corrected chi connectivity index (χ1v) is 15.3. The molecule has 4 N–H and O–H groups in total.